The summed E-state index contributed by atoms with van der Waals surface area (Å²) in [5.74, 6) is 0.167. The minimum atomic E-state index is 0. The van der Waals surface area contributed by atoms with Crippen LogP contribution in [-0.4, -0.2) is 41.6 Å². The molecule has 1 saturated heterocycles. The number of likely N-dealkylation sites (tertiary alicyclic amines) is 1. The summed E-state index contributed by atoms with van der Waals surface area (Å²) in [6.07, 6.45) is 2.18. The van der Waals surface area contributed by atoms with Crippen LogP contribution in [0.15, 0.2) is 30.3 Å². The maximum Gasteiger partial charge on any atom is 0.255 e. The Morgan fingerprint density at radius 2 is 1.96 bits per heavy atom. The molecule has 4 nitrogen and oxygen atoms in total. The van der Waals surface area contributed by atoms with Gasteiger partial charge in [0.1, 0.15) is 0 Å². The number of amides is 1. The van der Waals surface area contributed by atoms with E-state index in [1.165, 1.54) is 5.56 Å². The quantitative estimate of drug-likeness (QED) is 0.902. The number of nitrogens with one attached hydrogen (secondary N) is 1. The molecule has 1 amide bonds. The van der Waals surface area contributed by atoms with E-state index in [1.54, 1.807) is 0 Å². The molecule has 0 saturated carbocycles. The molecule has 1 aromatic carbocycles. The van der Waals surface area contributed by atoms with E-state index in [-0.39, 0.29) is 18.3 Å². The Morgan fingerprint density at radius 3 is 2.64 bits per heavy atom. The molecule has 0 radical (unpaired) electrons. The van der Waals surface area contributed by atoms with Gasteiger partial charge in [-0.1, -0.05) is 18.2 Å². The van der Waals surface area contributed by atoms with Crippen LogP contribution < -0.4 is 5.32 Å². The average molecular weight is 362 g/mol. The van der Waals surface area contributed by atoms with E-state index in [2.05, 4.69) is 42.8 Å². The van der Waals surface area contributed by atoms with E-state index in [0.29, 0.717) is 6.04 Å². The zero-order valence-corrected chi connectivity index (χ0v) is 16.3. The molecule has 1 fully saturated rings. The molecular weight excluding hydrogens is 334 g/mol. The van der Waals surface area contributed by atoms with Crippen molar-refractivity contribution in [3.05, 3.63) is 52.8 Å². The van der Waals surface area contributed by atoms with Crippen molar-refractivity contribution >= 4 is 18.3 Å². The standard InChI is InChI=1S/C20H27N3O.ClH/c1-14-8-5-6-10-19(14)23-15(2)12-18(16(23)3)20(24)22-11-7-9-17(22)13-21-4;/h5-6,8,10,12,17,21H,7,9,11,13H2,1-4H3;1H. The number of carbonyl (C=O) groups excluding carboxylic acids is 1. The summed E-state index contributed by atoms with van der Waals surface area (Å²) >= 11 is 0. The van der Waals surface area contributed by atoms with Crippen LogP contribution in [0.1, 0.15) is 40.2 Å². The van der Waals surface area contributed by atoms with Gasteiger partial charge in [-0.2, -0.15) is 0 Å². The summed E-state index contributed by atoms with van der Waals surface area (Å²) in [4.78, 5) is 15.2. The van der Waals surface area contributed by atoms with Gasteiger partial charge in [-0.3, -0.25) is 4.79 Å². The molecule has 1 aliphatic heterocycles. The van der Waals surface area contributed by atoms with Gasteiger partial charge in [-0.05, 0) is 58.4 Å². The Labute approximate surface area is 156 Å². The Hall–Kier alpha value is -1.78. The number of para-hydroxylation sites is 1. The summed E-state index contributed by atoms with van der Waals surface area (Å²) in [6.45, 7) is 7.96. The highest BCUT2D eigenvalue weighted by Crippen LogP contribution is 2.26. The van der Waals surface area contributed by atoms with E-state index in [0.717, 1.165) is 48.6 Å². The van der Waals surface area contributed by atoms with Gasteiger partial charge in [0.2, 0.25) is 0 Å². The number of halogens is 1. The van der Waals surface area contributed by atoms with Crippen LogP contribution in [0.2, 0.25) is 0 Å². The molecule has 0 bridgehead atoms. The van der Waals surface area contributed by atoms with Crippen LogP contribution in [0.4, 0.5) is 0 Å². The van der Waals surface area contributed by atoms with Gasteiger partial charge in [0, 0.05) is 36.2 Å². The molecule has 0 spiro atoms. The lowest BCUT2D eigenvalue weighted by atomic mass is 10.1. The maximum absolute atomic E-state index is 13.1. The first-order chi connectivity index (χ1) is 11.5. The molecule has 1 atom stereocenters. The van der Waals surface area contributed by atoms with Gasteiger partial charge in [0.25, 0.3) is 5.91 Å². The van der Waals surface area contributed by atoms with Crippen molar-refractivity contribution in [1.82, 2.24) is 14.8 Å². The Bertz CT molecular complexity index is 753. The van der Waals surface area contributed by atoms with Crippen LogP contribution in [0, 0.1) is 20.8 Å². The minimum absolute atomic E-state index is 0. The molecule has 1 unspecified atom stereocenters. The number of aryl methyl sites for hydroxylation is 2. The molecule has 2 aromatic rings. The summed E-state index contributed by atoms with van der Waals surface area (Å²) in [5.41, 5.74) is 5.34. The lowest BCUT2D eigenvalue weighted by molar-refractivity contribution is 0.0736. The first kappa shape index (κ1) is 19.5. The first-order valence-corrected chi connectivity index (χ1v) is 8.75. The third-order valence-corrected chi connectivity index (χ3v) is 5.10. The Morgan fingerprint density at radius 1 is 1.24 bits per heavy atom. The van der Waals surface area contributed by atoms with Gasteiger partial charge in [-0.25, -0.2) is 0 Å². The molecule has 0 aliphatic carbocycles. The first-order valence-electron chi connectivity index (χ1n) is 8.75. The highest BCUT2D eigenvalue weighted by Gasteiger charge is 2.30. The second kappa shape index (κ2) is 8.07. The fourth-order valence-corrected chi connectivity index (χ4v) is 3.87. The number of carbonyl (C=O) groups is 1. The van der Waals surface area contributed by atoms with Crippen molar-refractivity contribution in [3.63, 3.8) is 0 Å². The van der Waals surface area contributed by atoms with Crippen molar-refractivity contribution in [3.8, 4) is 5.69 Å². The topological polar surface area (TPSA) is 37.3 Å². The molecule has 1 aromatic heterocycles. The fraction of sp³-hybridized carbons (Fsp3) is 0.450. The largest absolute Gasteiger partial charge is 0.334 e. The van der Waals surface area contributed by atoms with Crippen LogP contribution >= 0.6 is 12.4 Å². The summed E-state index contributed by atoms with van der Waals surface area (Å²) in [7, 11) is 1.95. The maximum atomic E-state index is 13.1. The molecule has 1 aliphatic rings. The van der Waals surface area contributed by atoms with Crippen molar-refractivity contribution in [2.75, 3.05) is 20.1 Å². The lowest BCUT2D eigenvalue weighted by Gasteiger charge is -2.24. The summed E-state index contributed by atoms with van der Waals surface area (Å²) in [6, 6.07) is 10.7. The molecule has 1 N–H and O–H groups in total. The normalized spacial score (nSPS) is 16.8. The van der Waals surface area contributed by atoms with Crippen molar-refractivity contribution in [1.29, 1.82) is 0 Å². The third-order valence-electron chi connectivity index (χ3n) is 5.10. The number of likely N-dealkylation sites (N-methyl/N-ethyl adjacent to an activating group) is 1. The van der Waals surface area contributed by atoms with Crippen molar-refractivity contribution < 1.29 is 4.79 Å². The lowest BCUT2D eigenvalue weighted by Crippen LogP contribution is -2.41. The average Bonchev–Trinajstić information content (AvgIpc) is 3.13. The Kier molecular flexibility index (Phi) is 6.31. The van der Waals surface area contributed by atoms with Gasteiger partial charge in [0.05, 0.1) is 5.56 Å². The highest BCUT2D eigenvalue weighted by atomic mass is 35.5. The van der Waals surface area contributed by atoms with Crippen molar-refractivity contribution in [2.24, 2.45) is 0 Å². The predicted molar refractivity (Wildman–Crippen MR) is 105 cm³/mol. The fourth-order valence-electron chi connectivity index (χ4n) is 3.87. The summed E-state index contributed by atoms with van der Waals surface area (Å²) in [5, 5.41) is 3.21. The van der Waals surface area contributed by atoms with Crippen molar-refractivity contribution in [2.45, 2.75) is 39.7 Å². The van der Waals surface area contributed by atoms with Crippen LogP contribution in [0.25, 0.3) is 5.69 Å². The second-order valence-electron chi connectivity index (χ2n) is 6.76. The number of hydrogen-bond acceptors (Lipinski definition) is 2. The highest BCUT2D eigenvalue weighted by molar-refractivity contribution is 5.96. The van der Waals surface area contributed by atoms with E-state index in [1.807, 2.05) is 30.1 Å². The molecular formula is C20H28ClN3O. The third kappa shape index (κ3) is 3.60. The predicted octanol–water partition coefficient (Wildman–Crippen LogP) is 3.65. The van der Waals surface area contributed by atoms with Crippen LogP contribution in [0.5, 0.6) is 0 Å². The molecule has 136 valence electrons. The van der Waals surface area contributed by atoms with E-state index < -0.39 is 0 Å². The van der Waals surface area contributed by atoms with Gasteiger partial charge >= 0.3 is 0 Å². The van der Waals surface area contributed by atoms with Gasteiger partial charge in [0.15, 0.2) is 0 Å². The van der Waals surface area contributed by atoms with Gasteiger partial charge < -0.3 is 14.8 Å². The minimum Gasteiger partial charge on any atom is -0.334 e. The Balaban J connectivity index is 0.00000225. The number of nitrogens with zero attached hydrogens (tertiary/aromatic N) is 2. The smallest absolute Gasteiger partial charge is 0.255 e. The number of rotatable bonds is 4. The molecule has 3 rings (SSSR count). The SMILES string of the molecule is CNCC1CCCN1C(=O)c1cc(C)n(-c2ccccc2C)c1C.Cl. The second-order valence-corrected chi connectivity index (χ2v) is 6.76. The number of benzene rings is 1. The zero-order chi connectivity index (χ0) is 17.3. The summed E-state index contributed by atoms with van der Waals surface area (Å²) < 4.78 is 2.20. The van der Waals surface area contributed by atoms with Crippen LogP contribution in [-0.2, 0) is 0 Å². The zero-order valence-electron chi connectivity index (χ0n) is 15.5. The molecule has 2 heterocycles. The monoisotopic (exact) mass is 361 g/mol. The molecule has 5 heteroatoms. The van der Waals surface area contributed by atoms with E-state index in [4.69, 9.17) is 0 Å². The number of aromatic nitrogens is 1. The van der Waals surface area contributed by atoms with Gasteiger partial charge in [-0.15, -0.1) is 12.4 Å². The molecule has 25 heavy (non-hydrogen) atoms. The van der Waals surface area contributed by atoms with E-state index in [9.17, 15) is 4.79 Å². The van der Waals surface area contributed by atoms with Crippen LogP contribution in [0.3, 0.4) is 0 Å². The van der Waals surface area contributed by atoms with E-state index >= 15 is 0 Å². The number of hydrogen-bond donors (Lipinski definition) is 1.